The predicted octanol–water partition coefficient (Wildman–Crippen LogP) is 2.05. The molecule has 1 rings (SSSR count). The first-order chi connectivity index (χ1) is 7.08. The van der Waals surface area contributed by atoms with E-state index in [9.17, 15) is 4.79 Å². The fourth-order valence-corrected chi connectivity index (χ4v) is 1.19. The SMILES string of the molecule is CC(C)OCC(=O)Nc1ccc(I)cn1. The van der Waals surface area contributed by atoms with Crippen LogP contribution in [0.2, 0.25) is 0 Å². The molecule has 0 aliphatic rings. The third-order valence-electron chi connectivity index (χ3n) is 1.54. The molecular weight excluding hydrogens is 307 g/mol. The summed E-state index contributed by atoms with van der Waals surface area (Å²) in [6, 6.07) is 3.64. The number of halogens is 1. The number of aromatic nitrogens is 1. The molecule has 15 heavy (non-hydrogen) atoms. The van der Waals surface area contributed by atoms with Gasteiger partial charge in [0.05, 0.1) is 6.10 Å². The molecule has 1 aromatic rings. The minimum Gasteiger partial charge on any atom is -0.369 e. The largest absolute Gasteiger partial charge is 0.369 e. The van der Waals surface area contributed by atoms with Gasteiger partial charge < -0.3 is 10.1 Å². The van der Waals surface area contributed by atoms with Crippen molar-refractivity contribution in [1.82, 2.24) is 4.98 Å². The second-order valence-corrected chi connectivity index (χ2v) is 4.52. The molecule has 0 saturated carbocycles. The normalized spacial score (nSPS) is 10.4. The van der Waals surface area contributed by atoms with E-state index in [2.05, 4.69) is 32.9 Å². The quantitative estimate of drug-likeness (QED) is 0.864. The van der Waals surface area contributed by atoms with Gasteiger partial charge in [0.15, 0.2) is 0 Å². The summed E-state index contributed by atoms with van der Waals surface area (Å²) < 4.78 is 6.19. The van der Waals surface area contributed by atoms with Gasteiger partial charge in [-0.25, -0.2) is 4.98 Å². The topological polar surface area (TPSA) is 51.2 Å². The molecule has 0 unspecified atom stereocenters. The van der Waals surface area contributed by atoms with E-state index in [1.165, 1.54) is 0 Å². The van der Waals surface area contributed by atoms with E-state index in [0.717, 1.165) is 3.57 Å². The third-order valence-corrected chi connectivity index (χ3v) is 2.18. The summed E-state index contributed by atoms with van der Waals surface area (Å²) in [5.74, 6) is 0.366. The van der Waals surface area contributed by atoms with E-state index < -0.39 is 0 Å². The summed E-state index contributed by atoms with van der Waals surface area (Å²) in [4.78, 5) is 15.4. The summed E-state index contributed by atoms with van der Waals surface area (Å²) in [5, 5.41) is 2.65. The molecule has 0 bridgehead atoms. The number of hydrogen-bond donors (Lipinski definition) is 1. The van der Waals surface area contributed by atoms with Gasteiger partial charge in [-0.05, 0) is 48.6 Å². The Morgan fingerprint density at radius 2 is 2.33 bits per heavy atom. The van der Waals surface area contributed by atoms with E-state index >= 15 is 0 Å². The van der Waals surface area contributed by atoms with Crippen molar-refractivity contribution in [2.45, 2.75) is 20.0 Å². The van der Waals surface area contributed by atoms with Crippen LogP contribution in [0, 0.1) is 3.57 Å². The molecule has 0 spiro atoms. The summed E-state index contributed by atoms with van der Waals surface area (Å²) in [6.07, 6.45) is 1.75. The highest BCUT2D eigenvalue weighted by Gasteiger charge is 2.04. The summed E-state index contributed by atoms with van der Waals surface area (Å²) in [6.45, 7) is 3.83. The minimum atomic E-state index is -0.183. The van der Waals surface area contributed by atoms with E-state index in [4.69, 9.17) is 4.74 Å². The molecule has 1 aromatic heterocycles. The predicted molar refractivity (Wildman–Crippen MR) is 66.7 cm³/mol. The Balaban J connectivity index is 2.41. The van der Waals surface area contributed by atoms with Crippen LogP contribution in [-0.4, -0.2) is 23.6 Å². The van der Waals surface area contributed by atoms with Crippen molar-refractivity contribution in [3.63, 3.8) is 0 Å². The van der Waals surface area contributed by atoms with Crippen LogP contribution in [0.5, 0.6) is 0 Å². The highest BCUT2D eigenvalue weighted by Crippen LogP contribution is 2.06. The molecule has 5 heteroatoms. The molecule has 0 aliphatic carbocycles. The second-order valence-electron chi connectivity index (χ2n) is 3.27. The highest BCUT2D eigenvalue weighted by atomic mass is 127. The zero-order valence-electron chi connectivity index (χ0n) is 8.66. The van der Waals surface area contributed by atoms with Crippen LogP contribution in [0.1, 0.15) is 13.8 Å². The number of hydrogen-bond acceptors (Lipinski definition) is 3. The van der Waals surface area contributed by atoms with Crippen LogP contribution in [0.15, 0.2) is 18.3 Å². The number of carbonyl (C=O) groups excluding carboxylic acids is 1. The summed E-state index contributed by atoms with van der Waals surface area (Å²) >= 11 is 2.16. The maximum Gasteiger partial charge on any atom is 0.251 e. The van der Waals surface area contributed by atoms with Gasteiger partial charge in [0, 0.05) is 9.77 Å². The molecular formula is C10H13IN2O2. The average Bonchev–Trinajstić information content (AvgIpc) is 2.19. The van der Waals surface area contributed by atoms with Crippen molar-refractivity contribution in [3.05, 3.63) is 21.9 Å². The van der Waals surface area contributed by atoms with Crippen molar-refractivity contribution in [1.29, 1.82) is 0 Å². The Hall–Kier alpha value is -0.690. The van der Waals surface area contributed by atoms with Crippen LogP contribution in [0.25, 0.3) is 0 Å². The Bertz CT molecular complexity index is 325. The molecule has 4 nitrogen and oxygen atoms in total. The lowest BCUT2D eigenvalue weighted by Gasteiger charge is -2.07. The van der Waals surface area contributed by atoms with Crippen LogP contribution in [-0.2, 0) is 9.53 Å². The zero-order chi connectivity index (χ0) is 11.3. The van der Waals surface area contributed by atoms with Gasteiger partial charge in [-0.15, -0.1) is 0 Å². The van der Waals surface area contributed by atoms with Gasteiger partial charge in [0.25, 0.3) is 5.91 Å². The Kier molecular flexibility index (Phi) is 4.97. The van der Waals surface area contributed by atoms with Crippen molar-refractivity contribution >= 4 is 34.3 Å². The number of ether oxygens (including phenoxy) is 1. The van der Waals surface area contributed by atoms with Gasteiger partial charge in [0.2, 0.25) is 0 Å². The highest BCUT2D eigenvalue weighted by molar-refractivity contribution is 14.1. The smallest absolute Gasteiger partial charge is 0.251 e. The molecule has 1 heterocycles. The van der Waals surface area contributed by atoms with Crippen LogP contribution in [0.4, 0.5) is 5.82 Å². The number of amides is 1. The van der Waals surface area contributed by atoms with E-state index in [1.54, 1.807) is 12.3 Å². The van der Waals surface area contributed by atoms with E-state index in [0.29, 0.717) is 5.82 Å². The molecule has 82 valence electrons. The summed E-state index contributed by atoms with van der Waals surface area (Å²) in [5.41, 5.74) is 0. The number of nitrogens with zero attached hydrogens (tertiary/aromatic N) is 1. The standard InChI is InChI=1S/C10H13IN2O2/c1-7(2)15-6-10(14)13-9-4-3-8(11)5-12-9/h3-5,7H,6H2,1-2H3,(H,12,13,14). The number of carbonyl (C=O) groups is 1. The molecule has 0 radical (unpaired) electrons. The monoisotopic (exact) mass is 320 g/mol. The van der Waals surface area contributed by atoms with E-state index in [1.807, 2.05) is 19.9 Å². The third kappa shape index (κ3) is 5.08. The Labute approximate surface area is 103 Å². The van der Waals surface area contributed by atoms with Crippen LogP contribution in [0.3, 0.4) is 0 Å². The van der Waals surface area contributed by atoms with Crippen molar-refractivity contribution in [2.24, 2.45) is 0 Å². The Morgan fingerprint density at radius 1 is 1.60 bits per heavy atom. The van der Waals surface area contributed by atoms with Crippen molar-refractivity contribution in [2.75, 3.05) is 11.9 Å². The molecule has 1 amide bonds. The summed E-state index contributed by atoms with van der Waals surface area (Å²) in [7, 11) is 0. The average molecular weight is 320 g/mol. The number of nitrogens with one attached hydrogen (secondary N) is 1. The van der Waals surface area contributed by atoms with Crippen LogP contribution < -0.4 is 5.32 Å². The lowest BCUT2D eigenvalue weighted by Crippen LogP contribution is -2.21. The molecule has 1 N–H and O–H groups in total. The van der Waals surface area contributed by atoms with Gasteiger partial charge >= 0.3 is 0 Å². The first kappa shape index (κ1) is 12.4. The number of pyridine rings is 1. The van der Waals surface area contributed by atoms with Crippen molar-refractivity contribution in [3.8, 4) is 0 Å². The van der Waals surface area contributed by atoms with Gasteiger partial charge in [-0.1, -0.05) is 0 Å². The van der Waals surface area contributed by atoms with Gasteiger partial charge in [-0.3, -0.25) is 4.79 Å². The molecule has 0 fully saturated rings. The number of anilines is 1. The number of rotatable bonds is 4. The lowest BCUT2D eigenvalue weighted by molar-refractivity contribution is -0.121. The Morgan fingerprint density at radius 3 is 2.87 bits per heavy atom. The molecule has 0 saturated heterocycles. The van der Waals surface area contributed by atoms with E-state index in [-0.39, 0.29) is 18.6 Å². The van der Waals surface area contributed by atoms with Crippen LogP contribution >= 0.6 is 22.6 Å². The molecule has 0 aliphatic heterocycles. The lowest BCUT2D eigenvalue weighted by atomic mass is 10.4. The fraction of sp³-hybridized carbons (Fsp3) is 0.400. The first-order valence-electron chi connectivity index (χ1n) is 4.61. The maximum atomic E-state index is 11.3. The molecule has 0 aromatic carbocycles. The van der Waals surface area contributed by atoms with Crippen molar-refractivity contribution < 1.29 is 9.53 Å². The fourth-order valence-electron chi connectivity index (χ4n) is 0.871. The zero-order valence-corrected chi connectivity index (χ0v) is 10.8. The molecule has 0 atom stereocenters. The van der Waals surface area contributed by atoms with Gasteiger partial charge in [-0.2, -0.15) is 0 Å². The minimum absolute atomic E-state index is 0.0560. The maximum absolute atomic E-state index is 11.3. The second kappa shape index (κ2) is 6.02. The first-order valence-corrected chi connectivity index (χ1v) is 5.69. The van der Waals surface area contributed by atoms with Gasteiger partial charge in [0.1, 0.15) is 12.4 Å².